The molecule has 6 heteroatoms. The highest BCUT2D eigenvalue weighted by Crippen LogP contribution is 2.28. The van der Waals surface area contributed by atoms with Crippen molar-refractivity contribution in [3.05, 3.63) is 0 Å². The predicted octanol–water partition coefficient (Wildman–Crippen LogP) is -1.19. The van der Waals surface area contributed by atoms with Crippen LogP contribution in [-0.2, 0) is 9.59 Å². The Balaban J connectivity index is 2.30. The SMILES string of the molecule is CC(C)[C@H](O)C1(O)NC(=O)[C@@H]2CCCN2C1=O. The smallest absolute Gasteiger partial charge is 0.279 e. The molecular formula is C11H18N2O4. The van der Waals surface area contributed by atoms with Gasteiger partial charge in [-0.1, -0.05) is 13.8 Å². The van der Waals surface area contributed by atoms with E-state index < -0.39 is 23.8 Å². The molecule has 2 aliphatic rings. The molecule has 2 saturated heterocycles. The molecule has 96 valence electrons. The normalized spacial score (nSPS) is 34.9. The second-order valence-electron chi connectivity index (χ2n) is 5.10. The Morgan fingerprint density at radius 1 is 1.47 bits per heavy atom. The average molecular weight is 242 g/mol. The van der Waals surface area contributed by atoms with Gasteiger partial charge < -0.3 is 20.4 Å². The van der Waals surface area contributed by atoms with Crippen LogP contribution in [0.5, 0.6) is 0 Å². The van der Waals surface area contributed by atoms with Crippen molar-refractivity contribution in [2.24, 2.45) is 5.92 Å². The van der Waals surface area contributed by atoms with E-state index in [9.17, 15) is 19.8 Å². The van der Waals surface area contributed by atoms with Gasteiger partial charge in [-0.25, -0.2) is 0 Å². The number of hydrogen-bond donors (Lipinski definition) is 3. The highest BCUT2D eigenvalue weighted by molar-refractivity contribution is 5.99. The van der Waals surface area contributed by atoms with Crippen molar-refractivity contribution in [3.8, 4) is 0 Å². The van der Waals surface area contributed by atoms with Gasteiger partial charge in [0.25, 0.3) is 5.91 Å². The van der Waals surface area contributed by atoms with Gasteiger partial charge in [0.1, 0.15) is 12.1 Å². The van der Waals surface area contributed by atoms with Crippen LogP contribution in [0.3, 0.4) is 0 Å². The summed E-state index contributed by atoms with van der Waals surface area (Å²) in [6, 6.07) is -0.484. The molecule has 0 spiro atoms. The average Bonchev–Trinajstić information content (AvgIpc) is 2.74. The van der Waals surface area contributed by atoms with E-state index in [4.69, 9.17) is 0 Å². The molecule has 6 nitrogen and oxygen atoms in total. The second kappa shape index (κ2) is 3.96. The van der Waals surface area contributed by atoms with Gasteiger partial charge in [0, 0.05) is 6.54 Å². The van der Waals surface area contributed by atoms with Crippen LogP contribution in [0.25, 0.3) is 0 Å². The second-order valence-corrected chi connectivity index (χ2v) is 5.10. The van der Waals surface area contributed by atoms with E-state index in [1.54, 1.807) is 13.8 Å². The number of piperazine rings is 1. The lowest BCUT2D eigenvalue weighted by Gasteiger charge is -2.43. The number of hydrogen-bond acceptors (Lipinski definition) is 4. The van der Waals surface area contributed by atoms with Crippen molar-refractivity contribution in [3.63, 3.8) is 0 Å². The number of aliphatic hydroxyl groups is 2. The zero-order chi connectivity index (χ0) is 12.8. The topological polar surface area (TPSA) is 89.9 Å². The van der Waals surface area contributed by atoms with E-state index in [0.29, 0.717) is 13.0 Å². The summed E-state index contributed by atoms with van der Waals surface area (Å²) in [5.41, 5.74) is -2.17. The minimum Gasteiger partial charge on any atom is -0.387 e. The number of carbonyl (C=O) groups is 2. The molecule has 2 heterocycles. The summed E-state index contributed by atoms with van der Waals surface area (Å²) in [7, 11) is 0. The fraction of sp³-hybridized carbons (Fsp3) is 0.818. The third-order valence-corrected chi connectivity index (χ3v) is 3.52. The lowest BCUT2D eigenvalue weighted by atomic mass is 9.92. The van der Waals surface area contributed by atoms with E-state index in [0.717, 1.165) is 6.42 Å². The molecule has 0 bridgehead atoms. The maximum absolute atomic E-state index is 12.1. The summed E-state index contributed by atoms with van der Waals surface area (Å²) < 4.78 is 0. The van der Waals surface area contributed by atoms with Gasteiger partial charge in [-0.2, -0.15) is 0 Å². The summed E-state index contributed by atoms with van der Waals surface area (Å²) in [5.74, 6) is -1.31. The van der Waals surface area contributed by atoms with Crippen molar-refractivity contribution in [1.82, 2.24) is 10.2 Å². The van der Waals surface area contributed by atoms with Gasteiger partial charge >= 0.3 is 0 Å². The Kier molecular flexibility index (Phi) is 2.87. The quantitative estimate of drug-likeness (QED) is 0.568. The van der Waals surface area contributed by atoms with Crippen molar-refractivity contribution >= 4 is 11.8 Å². The summed E-state index contributed by atoms with van der Waals surface area (Å²) in [4.78, 5) is 25.3. The van der Waals surface area contributed by atoms with E-state index >= 15 is 0 Å². The Bertz CT molecular complexity index is 357. The van der Waals surface area contributed by atoms with Gasteiger partial charge in [0.05, 0.1) is 0 Å². The van der Waals surface area contributed by atoms with Gasteiger partial charge in [-0.3, -0.25) is 9.59 Å². The molecular weight excluding hydrogens is 224 g/mol. The Hall–Kier alpha value is -1.14. The first-order chi connectivity index (χ1) is 7.88. The third kappa shape index (κ3) is 1.71. The number of fused-ring (bicyclic) bond motifs is 1. The number of nitrogens with zero attached hydrogens (tertiary/aromatic N) is 1. The molecule has 17 heavy (non-hydrogen) atoms. The van der Waals surface area contributed by atoms with Crippen LogP contribution in [0.4, 0.5) is 0 Å². The lowest BCUT2D eigenvalue weighted by Crippen LogP contribution is -2.74. The lowest BCUT2D eigenvalue weighted by molar-refractivity contribution is -0.188. The fourth-order valence-corrected chi connectivity index (χ4v) is 2.51. The number of rotatable bonds is 2. The van der Waals surface area contributed by atoms with Crippen molar-refractivity contribution in [2.45, 2.75) is 44.6 Å². The van der Waals surface area contributed by atoms with Crippen LogP contribution < -0.4 is 5.32 Å². The molecule has 0 saturated carbocycles. The van der Waals surface area contributed by atoms with Gasteiger partial charge in [-0.05, 0) is 18.8 Å². The number of carbonyl (C=O) groups excluding carboxylic acids is 2. The molecule has 2 rings (SSSR count). The van der Waals surface area contributed by atoms with Gasteiger partial charge in [0.2, 0.25) is 11.6 Å². The Labute approximate surface area is 99.6 Å². The van der Waals surface area contributed by atoms with Gasteiger partial charge in [0.15, 0.2) is 0 Å². The molecule has 0 radical (unpaired) electrons. The molecule has 0 aromatic carbocycles. The van der Waals surface area contributed by atoms with Crippen LogP contribution in [0, 0.1) is 5.92 Å². The highest BCUT2D eigenvalue weighted by atomic mass is 16.4. The summed E-state index contributed by atoms with van der Waals surface area (Å²) in [5, 5.41) is 22.4. The zero-order valence-electron chi connectivity index (χ0n) is 10.0. The molecule has 2 amide bonds. The zero-order valence-corrected chi connectivity index (χ0v) is 10.0. The van der Waals surface area contributed by atoms with Crippen LogP contribution >= 0.6 is 0 Å². The maximum Gasteiger partial charge on any atom is 0.279 e. The van der Waals surface area contributed by atoms with Crippen LogP contribution in [-0.4, -0.2) is 51.3 Å². The monoisotopic (exact) mass is 242 g/mol. The molecule has 3 atom stereocenters. The molecule has 3 N–H and O–H groups in total. The minimum absolute atomic E-state index is 0.330. The standard InChI is InChI=1S/C11H18N2O4/c1-6(2)8(14)11(17)10(16)13-5-3-4-7(13)9(15)12-11/h6-8,14,17H,3-5H2,1-2H3,(H,12,15)/t7-,8-,11?/m0/s1. The molecule has 0 aromatic heterocycles. The van der Waals surface area contributed by atoms with Gasteiger partial charge in [-0.15, -0.1) is 0 Å². The van der Waals surface area contributed by atoms with Crippen LogP contribution in [0.15, 0.2) is 0 Å². The van der Waals surface area contributed by atoms with Crippen molar-refractivity contribution in [1.29, 1.82) is 0 Å². The molecule has 1 unspecified atom stereocenters. The first kappa shape index (κ1) is 12.3. The number of amides is 2. The molecule has 0 aromatic rings. The first-order valence-corrected chi connectivity index (χ1v) is 5.91. The third-order valence-electron chi connectivity index (χ3n) is 3.52. The largest absolute Gasteiger partial charge is 0.387 e. The van der Waals surface area contributed by atoms with Crippen LogP contribution in [0.2, 0.25) is 0 Å². The van der Waals surface area contributed by atoms with E-state index in [-0.39, 0.29) is 11.8 Å². The summed E-state index contributed by atoms with van der Waals surface area (Å²) >= 11 is 0. The molecule has 0 aliphatic carbocycles. The van der Waals surface area contributed by atoms with E-state index in [1.165, 1.54) is 4.90 Å². The first-order valence-electron chi connectivity index (χ1n) is 5.91. The Morgan fingerprint density at radius 2 is 2.12 bits per heavy atom. The summed E-state index contributed by atoms with van der Waals surface area (Å²) in [6.45, 7) is 3.82. The minimum atomic E-state index is -2.17. The van der Waals surface area contributed by atoms with Crippen LogP contribution in [0.1, 0.15) is 26.7 Å². The maximum atomic E-state index is 12.1. The van der Waals surface area contributed by atoms with E-state index in [2.05, 4.69) is 5.32 Å². The highest BCUT2D eigenvalue weighted by Gasteiger charge is 2.55. The van der Waals surface area contributed by atoms with E-state index in [1.807, 2.05) is 0 Å². The molecule has 2 fully saturated rings. The molecule has 2 aliphatic heterocycles. The van der Waals surface area contributed by atoms with Crippen molar-refractivity contribution < 1.29 is 19.8 Å². The summed E-state index contributed by atoms with van der Waals surface area (Å²) in [6.07, 6.45) is 0.0591. The Morgan fingerprint density at radius 3 is 2.71 bits per heavy atom. The fourth-order valence-electron chi connectivity index (χ4n) is 2.51. The number of nitrogens with one attached hydrogen (secondary N) is 1. The number of aliphatic hydroxyl groups excluding tert-OH is 1. The predicted molar refractivity (Wildman–Crippen MR) is 58.7 cm³/mol. The van der Waals surface area contributed by atoms with Crippen molar-refractivity contribution in [2.75, 3.05) is 6.54 Å².